The van der Waals surface area contributed by atoms with Crippen LogP contribution in [0.2, 0.25) is 0 Å². The van der Waals surface area contributed by atoms with Gasteiger partial charge in [0.15, 0.2) is 0 Å². The summed E-state index contributed by atoms with van der Waals surface area (Å²) in [6.07, 6.45) is 0.252. The molecule has 1 unspecified atom stereocenters. The molecule has 0 bridgehead atoms. The van der Waals surface area contributed by atoms with Gasteiger partial charge in [-0.15, -0.1) is 0 Å². The lowest BCUT2D eigenvalue weighted by molar-refractivity contribution is -0.137. The first-order valence-electron chi connectivity index (χ1n) is 5.60. The van der Waals surface area contributed by atoms with Crippen molar-refractivity contribution in [2.24, 2.45) is 5.73 Å². The third-order valence-corrected chi connectivity index (χ3v) is 3.54. The van der Waals surface area contributed by atoms with Crippen LogP contribution in [-0.4, -0.2) is 18.2 Å². The van der Waals surface area contributed by atoms with Gasteiger partial charge < -0.3 is 20.0 Å². The lowest BCUT2D eigenvalue weighted by Gasteiger charge is -2.14. The third kappa shape index (κ3) is 2.94. The molecule has 0 aliphatic carbocycles. The molecule has 0 spiro atoms. The number of carboxylic acids is 1. The Morgan fingerprint density at radius 1 is 1.58 bits per heavy atom. The lowest BCUT2D eigenvalue weighted by atomic mass is 10.0. The molecule has 0 amide bonds. The number of benzene rings is 1. The molecule has 1 heterocycles. The Morgan fingerprint density at radius 3 is 2.95 bits per heavy atom. The second kappa shape index (κ2) is 5.41. The Balaban J connectivity index is 2.39. The molecule has 0 fully saturated rings. The summed E-state index contributed by atoms with van der Waals surface area (Å²) in [5.74, 6) is -0.375. The van der Waals surface area contributed by atoms with Gasteiger partial charge in [-0.05, 0) is 12.5 Å². The monoisotopic (exact) mass is 283 g/mol. The van der Waals surface area contributed by atoms with E-state index in [1.807, 2.05) is 0 Å². The van der Waals surface area contributed by atoms with Crippen LogP contribution in [0, 0.1) is 0 Å². The smallest absolute Gasteiger partial charge is 0.396 e. The third-order valence-electron chi connectivity index (χ3n) is 2.75. The standard InChI is InChI=1S/C12H13NO5S/c1-17-8-5-10-9(18-12(16)19-10)4-6(8)7(13)2-3-11(14)15/h4-5,7H,2-3,13H2,1H3,(H,14,15). The van der Waals surface area contributed by atoms with Crippen molar-refractivity contribution in [2.45, 2.75) is 18.9 Å². The summed E-state index contributed by atoms with van der Waals surface area (Å²) >= 11 is 0.983. The molecule has 3 N–H and O–H groups in total. The Morgan fingerprint density at radius 2 is 2.32 bits per heavy atom. The van der Waals surface area contributed by atoms with E-state index in [1.165, 1.54) is 7.11 Å². The van der Waals surface area contributed by atoms with E-state index in [1.54, 1.807) is 12.1 Å². The van der Waals surface area contributed by atoms with Crippen LogP contribution >= 0.6 is 11.3 Å². The van der Waals surface area contributed by atoms with E-state index < -0.39 is 17.0 Å². The molecule has 19 heavy (non-hydrogen) atoms. The van der Waals surface area contributed by atoms with Gasteiger partial charge in [0.05, 0.1) is 11.8 Å². The van der Waals surface area contributed by atoms with Gasteiger partial charge in [0.1, 0.15) is 11.3 Å². The highest BCUT2D eigenvalue weighted by Gasteiger charge is 2.16. The van der Waals surface area contributed by atoms with Crippen molar-refractivity contribution in [1.82, 2.24) is 0 Å². The minimum absolute atomic E-state index is 0.0318. The zero-order chi connectivity index (χ0) is 14.0. The molecule has 0 saturated heterocycles. The van der Waals surface area contributed by atoms with Crippen LogP contribution in [-0.2, 0) is 4.79 Å². The summed E-state index contributed by atoms with van der Waals surface area (Å²) in [5, 5.41) is 8.67. The van der Waals surface area contributed by atoms with Crippen LogP contribution in [0.3, 0.4) is 0 Å². The fourth-order valence-corrected chi connectivity index (χ4v) is 2.50. The number of nitrogens with two attached hydrogens (primary N) is 1. The second-order valence-electron chi connectivity index (χ2n) is 4.03. The van der Waals surface area contributed by atoms with Crippen LogP contribution < -0.4 is 15.4 Å². The first-order chi connectivity index (χ1) is 9.01. The highest BCUT2D eigenvalue weighted by atomic mass is 32.1. The molecule has 1 aromatic carbocycles. The molecule has 1 atom stereocenters. The number of hydrogen-bond donors (Lipinski definition) is 2. The zero-order valence-electron chi connectivity index (χ0n) is 10.2. The van der Waals surface area contributed by atoms with Gasteiger partial charge in [-0.3, -0.25) is 4.79 Å². The largest absolute Gasteiger partial charge is 0.496 e. The Labute approximate surface area is 112 Å². The minimum atomic E-state index is -0.905. The molecule has 6 nitrogen and oxygen atoms in total. The van der Waals surface area contributed by atoms with Crippen LogP contribution in [0.15, 0.2) is 21.3 Å². The van der Waals surface area contributed by atoms with Gasteiger partial charge in [0.2, 0.25) is 0 Å². The van der Waals surface area contributed by atoms with Crippen molar-refractivity contribution in [1.29, 1.82) is 0 Å². The highest BCUT2D eigenvalue weighted by Crippen LogP contribution is 2.32. The summed E-state index contributed by atoms with van der Waals surface area (Å²) in [7, 11) is 1.50. The van der Waals surface area contributed by atoms with Crippen molar-refractivity contribution < 1.29 is 19.1 Å². The predicted molar refractivity (Wildman–Crippen MR) is 70.7 cm³/mol. The van der Waals surface area contributed by atoms with E-state index in [0.717, 1.165) is 11.3 Å². The molecule has 102 valence electrons. The van der Waals surface area contributed by atoms with E-state index >= 15 is 0 Å². The van der Waals surface area contributed by atoms with Crippen LogP contribution in [0.25, 0.3) is 10.3 Å². The van der Waals surface area contributed by atoms with Gasteiger partial charge in [-0.2, -0.15) is 0 Å². The topological polar surface area (TPSA) is 103 Å². The molecule has 2 rings (SSSR count). The molecule has 7 heteroatoms. The normalized spacial score (nSPS) is 12.5. The molecular formula is C12H13NO5S. The molecule has 0 radical (unpaired) electrons. The first-order valence-corrected chi connectivity index (χ1v) is 6.42. The van der Waals surface area contributed by atoms with Gasteiger partial charge >= 0.3 is 10.9 Å². The van der Waals surface area contributed by atoms with Crippen molar-refractivity contribution in [3.63, 3.8) is 0 Å². The number of methoxy groups -OCH3 is 1. The van der Waals surface area contributed by atoms with E-state index in [-0.39, 0.29) is 12.8 Å². The maximum atomic E-state index is 11.2. The van der Waals surface area contributed by atoms with Crippen molar-refractivity contribution in [3.8, 4) is 5.75 Å². The zero-order valence-corrected chi connectivity index (χ0v) is 11.0. The van der Waals surface area contributed by atoms with Crippen LogP contribution in [0.5, 0.6) is 5.75 Å². The summed E-state index contributed by atoms with van der Waals surface area (Å²) in [6.45, 7) is 0. The van der Waals surface area contributed by atoms with Gasteiger partial charge in [0.25, 0.3) is 0 Å². The van der Waals surface area contributed by atoms with Crippen molar-refractivity contribution in [3.05, 3.63) is 27.4 Å². The highest BCUT2D eigenvalue weighted by molar-refractivity contribution is 7.16. The quantitative estimate of drug-likeness (QED) is 0.866. The van der Waals surface area contributed by atoms with Crippen molar-refractivity contribution >= 4 is 27.6 Å². The molecule has 2 aromatic rings. The summed E-state index contributed by atoms with van der Waals surface area (Å²) in [4.78, 5) is 21.4. The van der Waals surface area contributed by atoms with E-state index in [0.29, 0.717) is 21.6 Å². The predicted octanol–water partition coefficient (Wildman–Crippen LogP) is 1.73. The number of ether oxygens (including phenoxy) is 1. The molecule has 0 aliphatic rings. The second-order valence-corrected chi connectivity index (χ2v) is 5.01. The number of aliphatic carboxylic acids is 1. The fourth-order valence-electron chi connectivity index (χ4n) is 1.82. The Hall–Kier alpha value is -1.86. The number of hydrogen-bond acceptors (Lipinski definition) is 6. The van der Waals surface area contributed by atoms with Gasteiger partial charge in [-0.25, -0.2) is 4.79 Å². The van der Waals surface area contributed by atoms with Crippen LogP contribution in [0.4, 0.5) is 0 Å². The maximum Gasteiger partial charge on any atom is 0.396 e. The number of rotatable bonds is 5. The first kappa shape index (κ1) is 13.6. The lowest BCUT2D eigenvalue weighted by Crippen LogP contribution is -2.13. The SMILES string of the molecule is COc1cc2sc(=O)oc2cc1C(N)CCC(=O)O. The molecule has 0 saturated carbocycles. The number of carbonyl (C=O) groups is 1. The summed E-state index contributed by atoms with van der Waals surface area (Å²) < 4.78 is 10.9. The maximum absolute atomic E-state index is 11.2. The summed E-state index contributed by atoms with van der Waals surface area (Å²) in [6, 6.07) is 2.83. The van der Waals surface area contributed by atoms with Gasteiger partial charge in [-0.1, -0.05) is 11.3 Å². The van der Waals surface area contributed by atoms with Crippen molar-refractivity contribution in [2.75, 3.05) is 7.11 Å². The van der Waals surface area contributed by atoms with E-state index in [4.69, 9.17) is 20.0 Å². The number of carboxylic acid groups (broad SMARTS) is 1. The van der Waals surface area contributed by atoms with Gasteiger partial charge in [0, 0.05) is 24.1 Å². The Kier molecular flexibility index (Phi) is 3.87. The molecular weight excluding hydrogens is 270 g/mol. The summed E-state index contributed by atoms with van der Waals surface area (Å²) in [5.41, 5.74) is 7.04. The average molecular weight is 283 g/mol. The molecule has 1 aromatic heterocycles. The fraction of sp³-hybridized carbons (Fsp3) is 0.333. The average Bonchev–Trinajstić information content (AvgIpc) is 2.73. The number of fused-ring (bicyclic) bond motifs is 1. The minimum Gasteiger partial charge on any atom is -0.496 e. The van der Waals surface area contributed by atoms with E-state index in [2.05, 4.69) is 0 Å². The Bertz CT molecular complexity index is 660. The molecule has 0 aliphatic heterocycles. The van der Waals surface area contributed by atoms with Crippen LogP contribution in [0.1, 0.15) is 24.4 Å². The van der Waals surface area contributed by atoms with E-state index in [9.17, 15) is 9.59 Å².